The van der Waals surface area contributed by atoms with E-state index in [1.165, 1.54) is 6.08 Å². The Morgan fingerprint density at radius 2 is 2.12 bits per heavy atom. The van der Waals surface area contributed by atoms with Crippen LogP contribution in [0.5, 0.6) is 0 Å². The van der Waals surface area contributed by atoms with Crippen molar-refractivity contribution in [3.63, 3.8) is 0 Å². The molecule has 0 saturated carbocycles. The zero-order valence-corrected chi connectivity index (χ0v) is 9.24. The number of hydrogen-bond donors (Lipinski definition) is 1. The maximum atomic E-state index is 13.4. The molecule has 17 heavy (non-hydrogen) atoms. The lowest BCUT2D eigenvalue weighted by Crippen LogP contribution is -2.05. The molecule has 1 aromatic rings. The zero-order chi connectivity index (χ0) is 12.8. The Morgan fingerprint density at radius 1 is 1.41 bits per heavy atom. The van der Waals surface area contributed by atoms with Gasteiger partial charge in [-0.1, -0.05) is 12.2 Å². The minimum atomic E-state index is -1.04. The summed E-state index contributed by atoms with van der Waals surface area (Å²) < 4.78 is 26.6. The molecule has 1 N–H and O–H groups in total. The zero-order valence-electron chi connectivity index (χ0n) is 9.24. The number of halogens is 2. The first-order valence-corrected chi connectivity index (χ1v) is 5.01. The van der Waals surface area contributed by atoms with E-state index >= 15 is 0 Å². The van der Waals surface area contributed by atoms with E-state index in [-0.39, 0.29) is 5.56 Å². The van der Waals surface area contributed by atoms with Crippen LogP contribution in [0.15, 0.2) is 18.2 Å². The highest BCUT2D eigenvalue weighted by atomic mass is 19.1. The fraction of sp³-hybridized carbons (Fsp3) is 0.273. The Kier molecular flexibility index (Phi) is 4.71. The molecule has 92 valence electrons. The van der Waals surface area contributed by atoms with Gasteiger partial charge in [0.25, 0.3) is 0 Å². The van der Waals surface area contributed by atoms with Gasteiger partial charge in [0, 0.05) is 5.56 Å². The van der Waals surface area contributed by atoms with Gasteiger partial charge >= 0.3 is 5.69 Å². The van der Waals surface area contributed by atoms with Crippen LogP contribution < -0.4 is 5.32 Å². The number of nitrogens with one attached hydrogen (secondary N) is 1. The molecule has 0 fully saturated rings. The fourth-order valence-corrected chi connectivity index (χ4v) is 1.26. The second-order valence-electron chi connectivity index (χ2n) is 3.38. The van der Waals surface area contributed by atoms with Gasteiger partial charge in [-0.15, -0.1) is 0 Å². The summed E-state index contributed by atoms with van der Waals surface area (Å²) in [4.78, 5) is 9.41. The number of rotatable bonds is 5. The summed E-state index contributed by atoms with van der Waals surface area (Å²) in [6.07, 6.45) is 3.73. The summed E-state index contributed by atoms with van der Waals surface area (Å²) in [7, 11) is 1.78. The molecular weight excluding hydrogens is 230 g/mol. The van der Waals surface area contributed by atoms with Crippen molar-refractivity contribution in [2.75, 3.05) is 13.6 Å². The largest absolute Gasteiger partial charge is 0.319 e. The Balaban J connectivity index is 2.92. The van der Waals surface area contributed by atoms with Crippen molar-refractivity contribution >= 4 is 11.8 Å². The minimum absolute atomic E-state index is 0.00389. The highest BCUT2D eigenvalue weighted by molar-refractivity contribution is 5.53. The number of nitro groups is 1. The summed E-state index contributed by atoms with van der Waals surface area (Å²) in [6.45, 7) is 0.716. The van der Waals surface area contributed by atoms with Crippen LogP contribution in [0.25, 0.3) is 6.08 Å². The summed E-state index contributed by atoms with van der Waals surface area (Å²) in [5.74, 6) is -1.84. The van der Waals surface area contributed by atoms with E-state index < -0.39 is 22.2 Å². The fourth-order valence-electron chi connectivity index (χ4n) is 1.26. The molecule has 1 aromatic carbocycles. The summed E-state index contributed by atoms with van der Waals surface area (Å²) in [5, 5.41) is 13.3. The second kappa shape index (κ2) is 6.05. The molecule has 1 rings (SSSR count). The minimum Gasteiger partial charge on any atom is -0.319 e. The van der Waals surface area contributed by atoms with Crippen LogP contribution >= 0.6 is 0 Å². The van der Waals surface area contributed by atoms with Crippen molar-refractivity contribution < 1.29 is 13.7 Å². The van der Waals surface area contributed by atoms with E-state index in [1.54, 1.807) is 13.1 Å². The Bertz CT molecular complexity index is 447. The van der Waals surface area contributed by atoms with Crippen molar-refractivity contribution in [1.82, 2.24) is 5.32 Å². The van der Waals surface area contributed by atoms with Gasteiger partial charge in [0.15, 0.2) is 0 Å². The van der Waals surface area contributed by atoms with Crippen molar-refractivity contribution in [3.05, 3.63) is 45.5 Å². The molecule has 0 radical (unpaired) electrons. The molecule has 4 nitrogen and oxygen atoms in total. The van der Waals surface area contributed by atoms with Crippen LogP contribution in [0.4, 0.5) is 14.5 Å². The lowest BCUT2D eigenvalue weighted by molar-refractivity contribution is -0.387. The van der Waals surface area contributed by atoms with E-state index in [0.29, 0.717) is 19.0 Å². The Morgan fingerprint density at radius 3 is 2.71 bits per heavy atom. The first-order chi connectivity index (χ1) is 8.06. The van der Waals surface area contributed by atoms with Crippen LogP contribution in [0.2, 0.25) is 0 Å². The van der Waals surface area contributed by atoms with E-state index in [2.05, 4.69) is 5.32 Å². The van der Waals surface area contributed by atoms with Crippen molar-refractivity contribution in [2.24, 2.45) is 0 Å². The van der Waals surface area contributed by atoms with Gasteiger partial charge in [-0.3, -0.25) is 10.1 Å². The Hall–Kier alpha value is -1.82. The lowest BCUT2D eigenvalue weighted by Gasteiger charge is -1.99. The molecule has 0 aliphatic heterocycles. The summed E-state index contributed by atoms with van der Waals surface area (Å²) in [6, 6.07) is 1.41. The average Bonchev–Trinajstić information content (AvgIpc) is 2.28. The third-order valence-electron chi connectivity index (χ3n) is 2.12. The van der Waals surface area contributed by atoms with Gasteiger partial charge in [0.2, 0.25) is 5.82 Å². The molecule has 0 heterocycles. The molecule has 0 amide bonds. The molecule has 0 atom stereocenters. The van der Waals surface area contributed by atoms with Crippen molar-refractivity contribution in [3.8, 4) is 0 Å². The quantitative estimate of drug-likeness (QED) is 0.490. The van der Waals surface area contributed by atoms with Crippen LogP contribution in [0.3, 0.4) is 0 Å². The average molecular weight is 242 g/mol. The van der Waals surface area contributed by atoms with E-state index in [9.17, 15) is 18.9 Å². The van der Waals surface area contributed by atoms with Crippen LogP contribution in [-0.2, 0) is 0 Å². The topological polar surface area (TPSA) is 55.2 Å². The van der Waals surface area contributed by atoms with Crippen LogP contribution in [-0.4, -0.2) is 18.5 Å². The molecule has 0 aromatic heterocycles. The number of nitrogens with zero attached hydrogens (tertiary/aromatic N) is 1. The maximum absolute atomic E-state index is 13.4. The van der Waals surface area contributed by atoms with Crippen molar-refractivity contribution in [2.45, 2.75) is 6.42 Å². The normalized spacial score (nSPS) is 11.0. The highest BCUT2D eigenvalue weighted by Gasteiger charge is 2.17. The number of nitro benzene ring substituents is 1. The van der Waals surface area contributed by atoms with Crippen LogP contribution in [0.1, 0.15) is 12.0 Å². The molecule has 0 spiro atoms. The molecule has 0 unspecified atom stereocenters. The Labute approximate surface area is 97.1 Å². The monoisotopic (exact) mass is 242 g/mol. The van der Waals surface area contributed by atoms with Crippen molar-refractivity contribution in [1.29, 1.82) is 0 Å². The van der Waals surface area contributed by atoms with Gasteiger partial charge < -0.3 is 5.32 Å². The van der Waals surface area contributed by atoms with Crippen LogP contribution in [0, 0.1) is 21.7 Å². The highest BCUT2D eigenvalue weighted by Crippen LogP contribution is 2.22. The van der Waals surface area contributed by atoms with Gasteiger partial charge in [0.1, 0.15) is 5.82 Å². The van der Waals surface area contributed by atoms with Gasteiger partial charge in [-0.05, 0) is 26.1 Å². The van der Waals surface area contributed by atoms with Gasteiger partial charge in [-0.25, -0.2) is 4.39 Å². The first kappa shape index (κ1) is 13.2. The second-order valence-corrected chi connectivity index (χ2v) is 3.38. The van der Waals surface area contributed by atoms with Gasteiger partial charge in [0.05, 0.1) is 11.0 Å². The first-order valence-electron chi connectivity index (χ1n) is 5.01. The molecule has 0 saturated heterocycles. The predicted octanol–water partition coefficient (Wildman–Crippen LogP) is 2.50. The van der Waals surface area contributed by atoms with E-state index in [0.717, 1.165) is 6.07 Å². The van der Waals surface area contributed by atoms with E-state index in [4.69, 9.17) is 0 Å². The third-order valence-corrected chi connectivity index (χ3v) is 2.12. The molecule has 0 bridgehead atoms. The standard InChI is InChI=1S/C11H12F2N2O2/c1-14-5-3-2-4-8-6-10(13)11(15(16)17)7-9(8)12/h2,4,6-7,14H,3,5H2,1H3. The molecule has 0 aliphatic rings. The molecule has 6 heteroatoms. The third kappa shape index (κ3) is 3.60. The lowest BCUT2D eigenvalue weighted by atomic mass is 10.1. The van der Waals surface area contributed by atoms with Gasteiger partial charge in [-0.2, -0.15) is 4.39 Å². The predicted molar refractivity (Wildman–Crippen MR) is 60.6 cm³/mol. The number of benzene rings is 1. The maximum Gasteiger partial charge on any atom is 0.307 e. The molecular formula is C11H12F2N2O2. The number of hydrogen-bond acceptors (Lipinski definition) is 3. The van der Waals surface area contributed by atoms with E-state index in [1.807, 2.05) is 0 Å². The smallest absolute Gasteiger partial charge is 0.307 e. The summed E-state index contributed by atoms with van der Waals surface area (Å²) >= 11 is 0. The molecule has 0 aliphatic carbocycles. The summed E-state index contributed by atoms with van der Waals surface area (Å²) in [5.41, 5.74) is -0.848. The SMILES string of the molecule is CNCCC=Cc1cc(F)c([N+](=O)[O-])cc1F.